The molecule has 1 atom stereocenters. The Bertz CT molecular complexity index is 647. The predicted octanol–water partition coefficient (Wildman–Crippen LogP) is 5.52. The lowest BCUT2D eigenvalue weighted by molar-refractivity contribution is -0.120. The van der Waals surface area contributed by atoms with Crippen LogP contribution in [0.1, 0.15) is 12.5 Å². The Labute approximate surface area is 161 Å². The average Bonchev–Trinajstić information content (AvgIpc) is 2.58. The van der Waals surface area contributed by atoms with Crippen LogP contribution < -0.4 is 5.32 Å². The third-order valence-corrected chi connectivity index (χ3v) is 5.87. The summed E-state index contributed by atoms with van der Waals surface area (Å²) in [7, 11) is 0. The third-order valence-electron chi connectivity index (χ3n) is 3.22. The lowest BCUT2D eigenvalue weighted by atomic mass is 10.2. The number of thioether (sulfide) groups is 2. The zero-order chi connectivity index (χ0) is 17.4. The van der Waals surface area contributed by atoms with Gasteiger partial charge in [0.25, 0.3) is 0 Å². The van der Waals surface area contributed by atoms with E-state index in [2.05, 4.69) is 5.32 Å². The maximum atomic E-state index is 12.1. The Morgan fingerprint density at radius 2 is 1.62 bits per heavy atom. The number of rotatable bonds is 8. The maximum absolute atomic E-state index is 12.1. The summed E-state index contributed by atoms with van der Waals surface area (Å²) in [5.74, 6) is 1.86. The van der Waals surface area contributed by atoms with Crippen molar-refractivity contribution in [2.75, 3.05) is 12.3 Å². The Morgan fingerprint density at radius 3 is 2.25 bits per heavy atom. The van der Waals surface area contributed by atoms with Gasteiger partial charge in [-0.05, 0) is 48.9 Å². The van der Waals surface area contributed by atoms with E-state index in [1.165, 1.54) is 17.3 Å². The third kappa shape index (κ3) is 6.98. The van der Waals surface area contributed by atoms with Crippen molar-refractivity contribution < 1.29 is 4.79 Å². The topological polar surface area (TPSA) is 29.1 Å². The minimum Gasteiger partial charge on any atom is -0.354 e. The van der Waals surface area contributed by atoms with Crippen LogP contribution in [0.15, 0.2) is 53.4 Å². The molecule has 2 nitrogen and oxygen atoms in total. The summed E-state index contributed by atoms with van der Waals surface area (Å²) in [5.41, 5.74) is 1.24. The van der Waals surface area contributed by atoms with Gasteiger partial charge in [0.15, 0.2) is 0 Å². The molecule has 0 saturated heterocycles. The summed E-state index contributed by atoms with van der Waals surface area (Å²) in [6, 6.07) is 15.4. The molecular weight excluding hydrogens is 381 g/mol. The van der Waals surface area contributed by atoms with Crippen molar-refractivity contribution in [1.29, 1.82) is 0 Å². The maximum Gasteiger partial charge on any atom is 0.233 e. The second kappa shape index (κ2) is 10.2. The molecule has 0 heterocycles. The van der Waals surface area contributed by atoms with Gasteiger partial charge in [-0.3, -0.25) is 4.79 Å². The zero-order valence-corrected chi connectivity index (χ0v) is 16.4. The molecule has 0 bridgehead atoms. The van der Waals surface area contributed by atoms with Crippen LogP contribution >= 0.6 is 46.7 Å². The van der Waals surface area contributed by atoms with E-state index in [9.17, 15) is 4.79 Å². The van der Waals surface area contributed by atoms with E-state index in [1.54, 1.807) is 11.8 Å². The van der Waals surface area contributed by atoms with Crippen molar-refractivity contribution in [3.63, 3.8) is 0 Å². The molecule has 0 aliphatic rings. The highest BCUT2D eigenvalue weighted by Crippen LogP contribution is 2.24. The number of hydrogen-bond acceptors (Lipinski definition) is 3. The highest BCUT2D eigenvalue weighted by molar-refractivity contribution is 8.00. The first-order valence-electron chi connectivity index (χ1n) is 7.57. The van der Waals surface area contributed by atoms with Crippen LogP contribution in [0, 0.1) is 0 Å². The SMILES string of the molecule is C[C@H](Sc1ccc(Cl)cc1)C(=O)NCCSCc1ccc(Cl)cc1. The number of carbonyl (C=O) groups is 1. The summed E-state index contributed by atoms with van der Waals surface area (Å²) in [4.78, 5) is 13.1. The van der Waals surface area contributed by atoms with E-state index in [0.717, 1.165) is 21.4 Å². The summed E-state index contributed by atoms with van der Waals surface area (Å²) in [6.45, 7) is 2.58. The largest absolute Gasteiger partial charge is 0.354 e. The zero-order valence-electron chi connectivity index (χ0n) is 13.3. The van der Waals surface area contributed by atoms with Crippen LogP contribution in [-0.4, -0.2) is 23.5 Å². The Morgan fingerprint density at radius 1 is 1.04 bits per heavy atom. The van der Waals surface area contributed by atoms with Gasteiger partial charge < -0.3 is 5.32 Å². The van der Waals surface area contributed by atoms with Crippen molar-refractivity contribution in [2.45, 2.75) is 22.8 Å². The molecule has 128 valence electrons. The number of nitrogens with one attached hydrogen (secondary N) is 1. The molecule has 2 aromatic rings. The fourth-order valence-electron chi connectivity index (χ4n) is 1.93. The standard InChI is InChI=1S/C18H19Cl2NOS2/c1-13(24-17-8-6-16(20)7-9-17)18(22)21-10-11-23-12-14-2-4-15(19)5-3-14/h2-9,13H,10-12H2,1H3,(H,21,22)/t13-/m0/s1. The molecule has 1 amide bonds. The summed E-state index contributed by atoms with van der Waals surface area (Å²) in [5, 5.41) is 4.31. The highest BCUT2D eigenvalue weighted by Gasteiger charge is 2.13. The van der Waals surface area contributed by atoms with Crippen LogP contribution in [0.25, 0.3) is 0 Å². The van der Waals surface area contributed by atoms with E-state index >= 15 is 0 Å². The molecule has 0 saturated carbocycles. The molecule has 24 heavy (non-hydrogen) atoms. The molecule has 2 rings (SSSR count). The minimum atomic E-state index is -0.132. The van der Waals surface area contributed by atoms with Crippen molar-refractivity contribution in [1.82, 2.24) is 5.32 Å². The van der Waals surface area contributed by atoms with E-state index < -0.39 is 0 Å². The monoisotopic (exact) mass is 399 g/mol. The van der Waals surface area contributed by atoms with Crippen LogP contribution in [0.4, 0.5) is 0 Å². The van der Waals surface area contributed by atoms with Crippen LogP contribution in [0.2, 0.25) is 10.0 Å². The van der Waals surface area contributed by atoms with Crippen molar-refractivity contribution in [2.24, 2.45) is 0 Å². The number of halogens is 2. The normalized spacial score (nSPS) is 12.0. The molecule has 0 aliphatic carbocycles. The van der Waals surface area contributed by atoms with Gasteiger partial charge in [0, 0.05) is 33.0 Å². The first-order valence-corrected chi connectivity index (χ1v) is 10.4. The fourth-order valence-corrected chi connectivity index (χ4v) is 3.89. The van der Waals surface area contributed by atoms with Gasteiger partial charge in [-0.15, -0.1) is 11.8 Å². The molecule has 1 N–H and O–H groups in total. The lowest BCUT2D eigenvalue weighted by Crippen LogP contribution is -2.32. The van der Waals surface area contributed by atoms with Gasteiger partial charge >= 0.3 is 0 Å². The minimum absolute atomic E-state index is 0.0574. The molecule has 0 unspecified atom stereocenters. The number of carbonyl (C=O) groups excluding carboxylic acids is 1. The van der Waals surface area contributed by atoms with Gasteiger partial charge in [-0.1, -0.05) is 35.3 Å². The van der Waals surface area contributed by atoms with Crippen molar-refractivity contribution in [3.8, 4) is 0 Å². The lowest BCUT2D eigenvalue weighted by Gasteiger charge is -2.12. The van der Waals surface area contributed by atoms with E-state index in [0.29, 0.717) is 11.6 Å². The number of benzene rings is 2. The van der Waals surface area contributed by atoms with Crippen molar-refractivity contribution >= 4 is 52.6 Å². The molecule has 0 fully saturated rings. The van der Waals surface area contributed by atoms with Crippen LogP contribution in [-0.2, 0) is 10.5 Å². The smallest absolute Gasteiger partial charge is 0.233 e. The molecular formula is C18H19Cl2NOS2. The van der Waals surface area contributed by atoms with E-state index in [4.69, 9.17) is 23.2 Å². The summed E-state index contributed by atoms with van der Waals surface area (Å²) < 4.78 is 0. The second-order valence-electron chi connectivity index (χ2n) is 5.18. The highest BCUT2D eigenvalue weighted by atomic mass is 35.5. The fraction of sp³-hybridized carbons (Fsp3) is 0.278. The van der Waals surface area contributed by atoms with Gasteiger partial charge in [-0.2, -0.15) is 11.8 Å². The molecule has 0 radical (unpaired) electrons. The second-order valence-corrected chi connectivity index (χ2v) is 8.58. The molecule has 0 aliphatic heterocycles. The van der Waals surface area contributed by atoms with Gasteiger partial charge in [0.1, 0.15) is 0 Å². The van der Waals surface area contributed by atoms with Crippen LogP contribution in [0.5, 0.6) is 0 Å². The molecule has 2 aromatic carbocycles. The summed E-state index contributed by atoms with van der Waals surface area (Å²) in [6.07, 6.45) is 0. The Kier molecular flexibility index (Phi) is 8.33. The van der Waals surface area contributed by atoms with Crippen molar-refractivity contribution in [3.05, 3.63) is 64.1 Å². The van der Waals surface area contributed by atoms with Gasteiger partial charge in [-0.25, -0.2) is 0 Å². The molecule has 0 spiro atoms. The molecule has 6 heteroatoms. The average molecular weight is 400 g/mol. The van der Waals surface area contributed by atoms with E-state index in [-0.39, 0.29) is 11.2 Å². The number of hydrogen-bond donors (Lipinski definition) is 1. The number of amides is 1. The summed E-state index contributed by atoms with van der Waals surface area (Å²) >= 11 is 15.1. The van der Waals surface area contributed by atoms with Crippen LogP contribution in [0.3, 0.4) is 0 Å². The predicted molar refractivity (Wildman–Crippen MR) is 107 cm³/mol. The first kappa shape index (κ1) is 19.5. The molecule has 0 aromatic heterocycles. The van der Waals surface area contributed by atoms with E-state index in [1.807, 2.05) is 55.5 Å². The quantitative estimate of drug-likeness (QED) is 0.467. The Hall–Kier alpha value is -0.810. The first-order chi connectivity index (χ1) is 11.5. The Balaban J connectivity index is 1.63. The van der Waals surface area contributed by atoms with Gasteiger partial charge in [0.05, 0.1) is 5.25 Å². The van der Waals surface area contributed by atoms with Gasteiger partial charge in [0.2, 0.25) is 5.91 Å².